The lowest BCUT2D eigenvalue weighted by Crippen LogP contribution is -2.63. The van der Waals surface area contributed by atoms with E-state index in [9.17, 15) is 0 Å². The minimum Gasteiger partial charge on any atom is -0.311 e. The predicted octanol–water partition coefficient (Wildman–Crippen LogP) is 7.72. The van der Waals surface area contributed by atoms with Crippen LogP contribution in [0.25, 0.3) is 27.5 Å². The first kappa shape index (κ1) is 23.7. The predicted molar refractivity (Wildman–Crippen MR) is 179 cm³/mol. The van der Waals surface area contributed by atoms with Crippen LogP contribution in [0.15, 0.2) is 140 Å². The van der Waals surface area contributed by atoms with Gasteiger partial charge in [0.2, 0.25) is 6.71 Å². The van der Waals surface area contributed by atoms with Gasteiger partial charge in [-0.2, -0.15) is 0 Å². The third-order valence-electron chi connectivity index (χ3n) is 9.63. The largest absolute Gasteiger partial charge is 0.311 e. The van der Waals surface area contributed by atoms with E-state index in [4.69, 9.17) is 0 Å². The van der Waals surface area contributed by atoms with Gasteiger partial charge in [-0.25, -0.2) is 0 Å². The van der Waals surface area contributed by atoms with E-state index in [-0.39, 0.29) is 12.1 Å². The van der Waals surface area contributed by atoms with Crippen molar-refractivity contribution in [3.63, 3.8) is 0 Å². The molecule has 0 spiro atoms. The van der Waals surface area contributed by atoms with Crippen LogP contribution in [0.5, 0.6) is 0 Å². The number of nitrogens with zero attached hydrogens (tertiary/aromatic N) is 2. The number of para-hydroxylation sites is 3. The fourth-order valence-electron chi connectivity index (χ4n) is 7.83. The third kappa shape index (κ3) is 3.06. The summed E-state index contributed by atoms with van der Waals surface area (Å²) < 4.78 is 2.54. The molecule has 2 nitrogen and oxygen atoms in total. The van der Waals surface area contributed by atoms with Crippen LogP contribution in [0.4, 0.5) is 17.1 Å². The minimum atomic E-state index is -0.0902. The van der Waals surface area contributed by atoms with Gasteiger partial charge < -0.3 is 9.47 Å². The van der Waals surface area contributed by atoms with Crippen LogP contribution in [-0.4, -0.2) is 11.3 Å². The zero-order chi connectivity index (χ0) is 28.0. The summed E-state index contributed by atoms with van der Waals surface area (Å²) in [5.41, 5.74) is 14.4. The van der Waals surface area contributed by atoms with Gasteiger partial charge in [-0.1, -0.05) is 110 Å². The third-order valence-corrected chi connectivity index (χ3v) is 9.63. The van der Waals surface area contributed by atoms with Gasteiger partial charge in [0.25, 0.3) is 0 Å². The molecule has 3 heterocycles. The number of benzene rings is 6. The van der Waals surface area contributed by atoms with Crippen molar-refractivity contribution < 1.29 is 0 Å². The second-order valence-corrected chi connectivity index (χ2v) is 12.2. The Morgan fingerprint density at radius 1 is 0.548 bits per heavy atom. The molecule has 0 bridgehead atoms. The molecule has 0 amide bonds. The first-order valence-electron chi connectivity index (χ1n) is 14.8. The van der Waals surface area contributed by atoms with Crippen LogP contribution in [0.3, 0.4) is 0 Å². The lowest BCUT2D eigenvalue weighted by atomic mass is 9.30. The Labute approximate surface area is 246 Å². The molecule has 0 aliphatic carbocycles. The number of fused-ring (bicyclic) bond motifs is 8. The monoisotopic (exact) mass is 536 g/mol. The average Bonchev–Trinajstić information content (AvgIpc) is 3.38. The lowest BCUT2D eigenvalue weighted by Gasteiger charge is -2.41. The van der Waals surface area contributed by atoms with Crippen LogP contribution in [0, 0.1) is 0 Å². The van der Waals surface area contributed by atoms with E-state index in [1.54, 1.807) is 0 Å². The van der Waals surface area contributed by atoms with Crippen molar-refractivity contribution in [2.45, 2.75) is 19.3 Å². The topological polar surface area (TPSA) is 8.17 Å². The molecule has 0 N–H and O–H groups in total. The van der Waals surface area contributed by atoms with Gasteiger partial charge >= 0.3 is 0 Å². The SMILES string of the molecule is CC1(C)c2ccccc2B2c3cc(N(c4ccccc4)c4ccccc4)ccc3-n3c4ccccc4c4ccc1c2c43. The molecule has 42 heavy (non-hydrogen) atoms. The standard InChI is InChI=1S/C39H29BN2/c1-39(2)31-18-10-11-19-33(31)40-34-25-28(41(26-13-5-3-6-14-26)27-15-7-4-8-16-27)21-24-36(34)42-35-20-12-9-17-29(35)30-22-23-32(39)37(40)38(30)42/h3-25H,1-2H3. The first-order chi connectivity index (χ1) is 20.6. The summed E-state index contributed by atoms with van der Waals surface area (Å²) in [6, 6.07) is 51.3. The molecule has 0 saturated carbocycles. The number of hydrogen-bond donors (Lipinski definition) is 0. The molecule has 9 rings (SSSR count). The Kier molecular flexibility index (Phi) is 4.79. The molecule has 0 fully saturated rings. The summed E-state index contributed by atoms with van der Waals surface area (Å²) >= 11 is 0. The summed E-state index contributed by atoms with van der Waals surface area (Å²) in [4.78, 5) is 2.38. The van der Waals surface area contributed by atoms with Gasteiger partial charge in [0.1, 0.15) is 0 Å². The van der Waals surface area contributed by atoms with Gasteiger partial charge in [-0.05, 0) is 70.6 Å². The lowest BCUT2D eigenvalue weighted by molar-refractivity contribution is 0.646. The molecule has 0 atom stereocenters. The highest BCUT2D eigenvalue weighted by Crippen LogP contribution is 2.42. The van der Waals surface area contributed by atoms with Crippen molar-refractivity contribution in [1.82, 2.24) is 4.57 Å². The second-order valence-electron chi connectivity index (χ2n) is 12.2. The van der Waals surface area contributed by atoms with Crippen molar-refractivity contribution >= 4 is 62.0 Å². The van der Waals surface area contributed by atoms with Gasteiger partial charge in [-0.3, -0.25) is 0 Å². The van der Waals surface area contributed by atoms with Crippen LogP contribution in [0.1, 0.15) is 25.0 Å². The van der Waals surface area contributed by atoms with Gasteiger partial charge in [0.15, 0.2) is 0 Å². The fraction of sp³-hybridized carbons (Fsp3) is 0.0769. The van der Waals surface area contributed by atoms with Crippen LogP contribution in [-0.2, 0) is 5.41 Å². The van der Waals surface area contributed by atoms with E-state index in [1.165, 1.54) is 60.7 Å². The van der Waals surface area contributed by atoms with E-state index in [2.05, 4.69) is 163 Å². The van der Waals surface area contributed by atoms with E-state index >= 15 is 0 Å². The summed E-state index contributed by atoms with van der Waals surface area (Å²) in [6.45, 7) is 4.95. The maximum Gasteiger partial charge on any atom is 0.247 e. The van der Waals surface area contributed by atoms with E-state index in [1.807, 2.05) is 0 Å². The Balaban J connectivity index is 1.40. The van der Waals surface area contributed by atoms with Gasteiger partial charge in [0.05, 0.1) is 5.52 Å². The first-order valence-corrected chi connectivity index (χ1v) is 14.8. The maximum absolute atomic E-state index is 2.54. The highest BCUT2D eigenvalue weighted by Gasteiger charge is 2.45. The number of aromatic nitrogens is 1. The van der Waals surface area contributed by atoms with Crippen molar-refractivity contribution in [3.8, 4) is 5.69 Å². The average molecular weight is 536 g/mol. The highest BCUT2D eigenvalue weighted by molar-refractivity contribution is 6.99. The van der Waals surface area contributed by atoms with Crippen LogP contribution >= 0.6 is 0 Å². The zero-order valence-electron chi connectivity index (χ0n) is 23.8. The van der Waals surface area contributed by atoms with Crippen LogP contribution < -0.4 is 21.3 Å². The van der Waals surface area contributed by atoms with E-state index < -0.39 is 0 Å². The fourth-order valence-corrected chi connectivity index (χ4v) is 7.83. The van der Waals surface area contributed by atoms with Crippen molar-refractivity contribution in [3.05, 3.63) is 151 Å². The molecule has 2 aliphatic heterocycles. The molecular weight excluding hydrogens is 507 g/mol. The molecule has 0 saturated heterocycles. The quantitative estimate of drug-likeness (QED) is 0.210. The summed E-state index contributed by atoms with van der Waals surface area (Å²) in [5, 5.41) is 2.66. The van der Waals surface area contributed by atoms with Gasteiger partial charge in [-0.15, -0.1) is 0 Å². The number of anilines is 3. The number of rotatable bonds is 3. The molecule has 2 aliphatic rings. The van der Waals surface area contributed by atoms with E-state index in [0.29, 0.717) is 0 Å². The molecule has 198 valence electrons. The van der Waals surface area contributed by atoms with Crippen molar-refractivity contribution in [1.29, 1.82) is 0 Å². The van der Waals surface area contributed by atoms with Crippen LogP contribution in [0.2, 0.25) is 0 Å². The second kappa shape index (κ2) is 8.50. The van der Waals surface area contributed by atoms with Crippen molar-refractivity contribution in [2.75, 3.05) is 4.90 Å². The normalized spacial score (nSPS) is 14.1. The molecule has 0 radical (unpaired) electrons. The van der Waals surface area contributed by atoms with Crippen molar-refractivity contribution in [2.24, 2.45) is 0 Å². The molecule has 3 heteroatoms. The highest BCUT2D eigenvalue weighted by atomic mass is 15.1. The summed E-state index contributed by atoms with van der Waals surface area (Å²) in [7, 11) is 0. The maximum atomic E-state index is 2.54. The smallest absolute Gasteiger partial charge is 0.247 e. The summed E-state index contributed by atoms with van der Waals surface area (Å²) in [6.07, 6.45) is 0. The minimum absolute atomic E-state index is 0.0902. The molecular formula is C39H29BN2. The Morgan fingerprint density at radius 3 is 1.98 bits per heavy atom. The molecule has 1 aromatic heterocycles. The Bertz CT molecular complexity index is 2140. The Hall–Kier alpha value is -5.02. The molecule has 7 aromatic rings. The number of hydrogen-bond acceptors (Lipinski definition) is 1. The van der Waals surface area contributed by atoms with Gasteiger partial charge in [0, 0.05) is 44.5 Å². The molecule has 0 unspecified atom stereocenters. The summed E-state index contributed by atoms with van der Waals surface area (Å²) in [5.74, 6) is 0. The Morgan fingerprint density at radius 2 is 1.21 bits per heavy atom. The molecule has 6 aromatic carbocycles. The van der Waals surface area contributed by atoms with E-state index in [0.717, 1.165) is 11.4 Å². The zero-order valence-corrected chi connectivity index (χ0v) is 23.8.